The summed E-state index contributed by atoms with van der Waals surface area (Å²) in [5.74, 6) is 0. The molecule has 0 N–H and O–H groups in total. The van der Waals surface area contributed by atoms with E-state index < -0.39 is 0 Å². The molecule has 0 amide bonds. The average molecular weight is 1040 g/mol. The van der Waals surface area contributed by atoms with Crippen molar-refractivity contribution in [2.45, 2.75) is 128 Å². The summed E-state index contributed by atoms with van der Waals surface area (Å²) in [5, 5.41) is 7.57. The summed E-state index contributed by atoms with van der Waals surface area (Å²) in [7, 11) is 0. The van der Waals surface area contributed by atoms with Crippen LogP contribution in [0, 0.1) is 0 Å². The number of rotatable bonds is 11. The van der Waals surface area contributed by atoms with Crippen LogP contribution in [0.3, 0.4) is 0 Å². The first kappa shape index (κ1) is 51.6. The van der Waals surface area contributed by atoms with Gasteiger partial charge in [-0.25, -0.2) is 0 Å². The quantitative estimate of drug-likeness (QED) is 0.0895. The molecule has 4 aliphatic rings. The minimum Gasteiger partial charge on any atom is -0.0696 e. The van der Waals surface area contributed by atoms with Gasteiger partial charge in [-0.15, -0.1) is 0 Å². The molecule has 13 rings (SSSR count). The lowest BCUT2D eigenvalue weighted by Gasteiger charge is -2.19. The molecule has 0 heteroatoms. The zero-order valence-corrected chi connectivity index (χ0v) is 46.9. The first-order valence-corrected chi connectivity index (χ1v) is 30.7. The molecule has 4 aliphatic carbocycles. The van der Waals surface area contributed by atoms with Gasteiger partial charge in [0.25, 0.3) is 0 Å². The number of hydrogen-bond donors (Lipinski definition) is 0. The Morgan fingerprint density at radius 1 is 0.250 bits per heavy atom. The Morgan fingerprint density at radius 2 is 0.550 bits per heavy atom. The van der Waals surface area contributed by atoms with Gasteiger partial charge in [-0.3, -0.25) is 0 Å². The van der Waals surface area contributed by atoms with E-state index in [0.717, 1.165) is 0 Å². The zero-order valence-electron chi connectivity index (χ0n) is 46.9. The summed E-state index contributed by atoms with van der Waals surface area (Å²) < 4.78 is 0. The molecule has 0 aliphatic heterocycles. The second-order valence-corrected chi connectivity index (χ2v) is 23.7. The van der Waals surface area contributed by atoms with Crippen LogP contribution in [0.5, 0.6) is 0 Å². The summed E-state index contributed by atoms with van der Waals surface area (Å²) in [5.41, 5.74) is 24.1. The number of allylic oxidation sites excluding steroid dienone is 4. The van der Waals surface area contributed by atoms with E-state index in [2.05, 4.69) is 218 Å². The maximum atomic E-state index is 2.50. The predicted octanol–water partition coefficient (Wildman–Crippen LogP) is 23.4. The number of hydrogen-bond acceptors (Lipinski definition) is 0. The highest BCUT2D eigenvalue weighted by atomic mass is 14.2. The summed E-state index contributed by atoms with van der Waals surface area (Å²) in [6.07, 6.45) is 40.5. The molecule has 0 bridgehead atoms. The van der Waals surface area contributed by atoms with Gasteiger partial charge in [0, 0.05) is 0 Å². The first-order valence-electron chi connectivity index (χ1n) is 30.7. The summed E-state index contributed by atoms with van der Waals surface area (Å²) in [4.78, 5) is 0. The van der Waals surface area contributed by atoms with Crippen LogP contribution >= 0.6 is 0 Å². The van der Waals surface area contributed by atoms with Crippen molar-refractivity contribution >= 4 is 79.9 Å². The Bertz CT molecular complexity index is 3640. The summed E-state index contributed by atoms with van der Waals surface area (Å²) in [6.45, 7) is 0. The molecule has 9 aromatic carbocycles. The molecule has 0 spiro atoms. The van der Waals surface area contributed by atoms with E-state index in [4.69, 9.17) is 0 Å². The lowest BCUT2D eigenvalue weighted by molar-refractivity contribution is 0.602. The molecular formula is C80H76. The van der Waals surface area contributed by atoms with E-state index in [1.54, 1.807) is 22.3 Å². The molecule has 9 aromatic rings. The second-order valence-electron chi connectivity index (χ2n) is 23.7. The van der Waals surface area contributed by atoms with Crippen LogP contribution in [-0.2, 0) is 0 Å². The third-order valence-corrected chi connectivity index (χ3v) is 18.1. The maximum Gasteiger partial charge on any atom is -0.00201 e. The minimum absolute atomic E-state index is 1.22. The van der Waals surface area contributed by atoms with Crippen molar-refractivity contribution in [2.24, 2.45) is 0 Å². The zero-order chi connectivity index (χ0) is 53.5. The van der Waals surface area contributed by atoms with E-state index in [9.17, 15) is 0 Å². The Balaban J connectivity index is 0.933. The topological polar surface area (TPSA) is 0 Å². The standard InChI is InChI=1S/C80H76/c1-5-19-57(20-6-1)51-61-33-41-65(42-34-61)77(66-43-35-62(36-44-66)52-58-21-7-2-8-22-58)55-69-49-50-76(71-28-14-13-27-70(69)71)80-74-31-17-15-29-72(74)79(73-30-16-18-32-75(73)80)56-78(67-45-37-63(38-46-67)53-59-23-9-3-10-24-59)68-47-39-64(40-48-68)54-60-25-11-4-12-26-60/h13-18,27-56H,1-12,19-26H2. The molecule has 0 heterocycles. The van der Waals surface area contributed by atoms with Crippen LogP contribution in [0.25, 0.3) is 91.0 Å². The van der Waals surface area contributed by atoms with Crippen molar-refractivity contribution in [1.29, 1.82) is 0 Å². The van der Waals surface area contributed by atoms with Crippen molar-refractivity contribution in [3.63, 3.8) is 0 Å². The Kier molecular flexibility index (Phi) is 15.7. The van der Waals surface area contributed by atoms with Gasteiger partial charge in [0.1, 0.15) is 0 Å². The Labute approximate surface area is 476 Å². The van der Waals surface area contributed by atoms with Crippen LogP contribution in [-0.4, -0.2) is 0 Å². The molecule has 0 atom stereocenters. The van der Waals surface area contributed by atoms with Crippen molar-refractivity contribution in [1.82, 2.24) is 0 Å². The third kappa shape index (κ3) is 11.6. The Morgan fingerprint density at radius 3 is 0.900 bits per heavy atom. The minimum atomic E-state index is 1.22. The number of benzene rings is 9. The lowest BCUT2D eigenvalue weighted by atomic mass is 9.84. The van der Waals surface area contributed by atoms with Crippen molar-refractivity contribution in [3.05, 3.63) is 260 Å². The molecule has 0 radical (unpaired) electrons. The normalized spacial score (nSPS) is 15.9. The van der Waals surface area contributed by atoms with Gasteiger partial charge in [0.2, 0.25) is 0 Å². The summed E-state index contributed by atoms with van der Waals surface area (Å²) >= 11 is 0. The molecule has 0 aromatic heterocycles. The monoisotopic (exact) mass is 1040 g/mol. The third-order valence-electron chi connectivity index (χ3n) is 18.1. The van der Waals surface area contributed by atoms with Gasteiger partial charge in [-0.2, -0.15) is 0 Å². The molecule has 0 unspecified atom stereocenters. The van der Waals surface area contributed by atoms with Crippen LogP contribution in [0.1, 0.15) is 184 Å². The van der Waals surface area contributed by atoms with Crippen molar-refractivity contribution in [3.8, 4) is 11.1 Å². The fourth-order valence-electron chi connectivity index (χ4n) is 13.8. The van der Waals surface area contributed by atoms with Gasteiger partial charge >= 0.3 is 0 Å². The van der Waals surface area contributed by atoms with E-state index in [-0.39, 0.29) is 0 Å². The van der Waals surface area contributed by atoms with E-state index >= 15 is 0 Å². The van der Waals surface area contributed by atoms with Crippen LogP contribution in [0.2, 0.25) is 0 Å². The highest BCUT2D eigenvalue weighted by molar-refractivity contribution is 6.22. The van der Waals surface area contributed by atoms with Gasteiger partial charge < -0.3 is 0 Å². The fraction of sp³-hybridized carbons (Fsp3) is 0.250. The molecule has 4 saturated carbocycles. The molecule has 396 valence electrons. The summed E-state index contributed by atoms with van der Waals surface area (Å²) in [6, 6.07) is 69.9. The fourth-order valence-corrected chi connectivity index (χ4v) is 13.8. The predicted molar refractivity (Wildman–Crippen MR) is 348 cm³/mol. The largest absolute Gasteiger partial charge is 0.0696 e. The lowest BCUT2D eigenvalue weighted by Crippen LogP contribution is -1.95. The first-order chi connectivity index (χ1) is 39.6. The molecule has 80 heavy (non-hydrogen) atoms. The van der Waals surface area contributed by atoms with Crippen LogP contribution in [0.15, 0.2) is 204 Å². The van der Waals surface area contributed by atoms with Crippen molar-refractivity contribution < 1.29 is 0 Å². The number of fused-ring (bicyclic) bond motifs is 3. The van der Waals surface area contributed by atoms with E-state index in [0.29, 0.717) is 0 Å². The van der Waals surface area contributed by atoms with Crippen molar-refractivity contribution in [2.75, 3.05) is 0 Å². The van der Waals surface area contributed by atoms with Gasteiger partial charge in [0.05, 0.1) is 0 Å². The Hall–Kier alpha value is -7.80. The molecule has 0 saturated heterocycles. The van der Waals surface area contributed by atoms with Crippen LogP contribution < -0.4 is 0 Å². The SMILES string of the molecule is C(=C1CCCCC1)c1ccc(C(=Cc2ccc(-c3c4ccccc4c(C=C(c4ccc(C=C5CCCCC5)cc4)c4ccc(C=C5CCCCC5)cc4)c4ccccc34)c3ccccc23)c2ccc(C=C3CCCCC3)cc2)cc1. The highest BCUT2D eigenvalue weighted by Gasteiger charge is 2.20. The van der Waals surface area contributed by atoms with Gasteiger partial charge in [0.15, 0.2) is 0 Å². The molecule has 0 nitrogen and oxygen atoms in total. The average Bonchev–Trinajstić information content (AvgIpc) is 3.55. The van der Waals surface area contributed by atoms with E-state index in [1.807, 2.05) is 0 Å². The smallest absolute Gasteiger partial charge is 0.00201 e. The molecule has 4 fully saturated rings. The van der Waals surface area contributed by atoms with Crippen LogP contribution in [0.4, 0.5) is 0 Å². The van der Waals surface area contributed by atoms with Gasteiger partial charge in [-0.1, -0.05) is 254 Å². The second kappa shape index (κ2) is 24.3. The van der Waals surface area contributed by atoms with Gasteiger partial charge in [-0.05, 0) is 225 Å². The van der Waals surface area contributed by atoms with E-state index in [1.165, 1.54) is 239 Å². The molecular weight excluding hydrogens is 961 g/mol. The highest BCUT2D eigenvalue weighted by Crippen LogP contribution is 2.45. The maximum absolute atomic E-state index is 2.50.